The summed E-state index contributed by atoms with van der Waals surface area (Å²) in [5.74, 6) is 1.07. The second kappa shape index (κ2) is 6.87. The quantitative estimate of drug-likeness (QED) is 0.813. The normalized spacial score (nSPS) is 12.6. The maximum atomic E-state index is 12.3. The summed E-state index contributed by atoms with van der Waals surface area (Å²) < 4.78 is 27.8. The first kappa shape index (κ1) is 17.4. The fourth-order valence-electron chi connectivity index (χ4n) is 2.17. The maximum Gasteiger partial charge on any atom is 0.244 e. The molecule has 0 aromatic carbocycles. The van der Waals surface area contributed by atoms with Crippen LogP contribution in [0.5, 0.6) is 0 Å². The van der Waals surface area contributed by atoms with Gasteiger partial charge in [0.15, 0.2) is 0 Å². The van der Waals surface area contributed by atoms with E-state index in [1.54, 1.807) is 0 Å². The molecule has 0 bridgehead atoms. The van der Waals surface area contributed by atoms with Crippen LogP contribution in [0.15, 0.2) is 21.6 Å². The van der Waals surface area contributed by atoms with E-state index < -0.39 is 10.0 Å². The molecule has 20 heavy (non-hydrogen) atoms. The van der Waals surface area contributed by atoms with Crippen molar-refractivity contribution in [2.24, 2.45) is 17.8 Å². The molecule has 1 aromatic heterocycles. The molecule has 0 saturated heterocycles. The summed E-state index contributed by atoms with van der Waals surface area (Å²) in [5.41, 5.74) is 5.65. The van der Waals surface area contributed by atoms with Gasteiger partial charge < -0.3 is 5.73 Å². The molecule has 0 saturated carbocycles. The summed E-state index contributed by atoms with van der Waals surface area (Å²) in [6, 6.07) is 1.46. The highest BCUT2D eigenvalue weighted by Crippen LogP contribution is 2.23. The van der Waals surface area contributed by atoms with Crippen LogP contribution in [0.2, 0.25) is 0 Å². The highest BCUT2D eigenvalue weighted by Gasteiger charge is 2.23. The fraction of sp³-hybridized carbons (Fsp3) is 0.615. The third-order valence-electron chi connectivity index (χ3n) is 3.36. The van der Waals surface area contributed by atoms with E-state index in [0.29, 0.717) is 22.9 Å². The van der Waals surface area contributed by atoms with Crippen molar-refractivity contribution in [3.8, 4) is 0 Å². The minimum absolute atomic E-state index is 0.00587. The second-order valence-electron chi connectivity index (χ2n) is 5.54. The summed E-state index contributed by atoms with van der Waals surface area (Å²) in [5, 5.41) is 0. The number of pyridine rings is 1. The molecule has 3 N–H and O–H groups in total. The molecule has 0 atom stereocenters. The van der Waals surface area contributed by atoms with Crippen molar-refractivity contribution in [2.45, 2.75) is 32.6 Å². The number of nitrogens with one attached hydrogen (secondary N) is 1. The molecule has 114 valence electrons. The van der Waals surface area contributed by atoms with Crippen molar-refractivity contribution < 1.29 is 8.42 Å². The Morgan fingerprint density at radius 2 is 1.85 bits per heavy atom. The summed E-state index contributed by atoms with van der Waals surface area (Å²) in [6.07, 6.45) is 1.47. The second-order valence-corrected chi connectivity index (χ2v) is 8.19. The van der Waals surface area contributed by atoms with Gasteiger partial charge in [0.1, 0.15) is 10.7 Å². The molecule has 1 aromatic rings. The molecular formula is C13H22BrN3O2S. The Bertz CT molecular complexity index is 551. The minimum atomic E-state index is -3.64. The van der Waals surface area contributed by atoms with E-state index in [-0.39, 0.29) is 16.6 Å². The van der Waals surface area contributed by atoms with Gasteiger partial charge in [0, 0.05) is 17.2 Å². The number of hydrogen-bond acceptors (Lipinski definition) is 4. The van der Waals surface area contributed by atoms with Crippen LogP contribution >= 0.6 is 15.9 Å². The molecule has 0 aliphatic carbocycles. The lowest BCUT2D eigenvalue weighted by atomic mass is 9.86. The number of anilines is 1. The largest absolute Gasteiger partial charge is 0.383 e. The van der Waals surface area contributed by atoms with Crippen LogP contribution in [-0.2, 0) is 10.0 Å². The van der Waals surface area contributed by atoms with Crippen molar-refractivity contribution >= 4 is 31.8 Å². The Morgan fingerprint density at radius 1 is 1.30 bits per heavy atom. The molecule has 1 heterocycles. The number of halogens is 1. The molecule has 0 fully saturated rings. The summed E-state index contributed by atoms with van der Waals surface area (Å²) in [4.78, 5) is 3.87. The summed E-state index contributed by atoms with van der Waals surface area (Å²) in [6.45, 7) is 8.76. The first-order valence-electron chi connectivity index (χ1n) is 6.55. The van der Waals surface area contributed by atoms with Crippen molar-refractivity contribution in [2.75, 3.05) is 12.3 Å². The molecule has 7 heteroatoms. The average molecular weight is 364 g/mol. The van der Waals surface area contributed by atoms with Gasteiger partial charge in [-0.05, 0) is 39.8 Å². The van der Waals surface area contributed by atoms with Crippen molar-refractivity contribution in [1.29, 1.82) is 0 Å². The zero-order chi connectivity index (χ0) is 15.5. The van der Waals surface area contributed by atoms with E-state index in [0.717, 1.165) is 0 Å². The van der Waals surface area contributed by atoms with Crippen LogP contribution in [0.1, 0.15) is 27.7 Å². The van der Waals surface area contributed by atoms with E-state index in [2.05, 4.69) is 53.3 Å². The van der Waals surface area contributed by atoms with Crippen LogP contribution in [0.4, 0.5) is 5.82 Å². The van der Waals surface area contributed by atoms with Crippen molar-refractivity contribution in [3.63, 3.8) is 0 Å². The lowest BCUT2D eigenvalue weighted by Crippen LogP contribution is -2.34. The van der Waals surface area contributed by atoms with Gasteiger partial charge in [-0.1, -0.05) is 27.7 Å². The number of nitrogen functional groups attached to an aromatic ring is 1. The molecule has 0 spiro atoms. The lowest BCUT2D eigenvalue weighted by Gasteiger charge is -2.25. The Morgan fingerprint density at radius 3 is 2.35 bits per heavy atom. The number of nitrogens with two attached hydrogens (primary N) is 1. The molecule has 1 rings (SSSR count). The lowest BCUT2D eigenvalue weighted by molar-refractivity contribution is 0.289. The first-order valence-corrected chi connectivity index (χ1v) is 8.83. The van der Waals surface area contributed by atoms with Crippen LogP contribution in [-0.4, -0.2) is 19.9 Å². The van der Waals surface area contributed by atoms with Crippen molar-refractivity contribution in [1.82, 2.24) is 9.71 Å². The third kappa shape index (κ3) is 4.43. The third-order valence-corrected chi connectivity index (χ3v) is 5.25. The number of nitrogens with zero attached hydrogens (tertiary/aromatic N) is 1. The van der Waals surface area contributed by atoms with E-state index in [1.807, 2.05) is 0 Å². The van der Waals surface area contributed by atoms with Crippen LogP contribution in [0.3, 0.4) is 0 Å². The molecule has 0 aliphatic heterocycles. The Balaban J connectivity index is 2.93. The number of sulfonamides is 1. The zero-order valence-corrected chi connectivity index (χ0v) is 14.6. The molecular weight excluding hydrogens is 342 g/mol. The number of aromatic nitrogens is 1. The first-order chi connectivity index (χ1) is 9.15. The summed E-state index contributed by atoms with van der Waals surface area (Å²) in [7, 11) is -3.64. The Kier molecular flexibility index (Phi) is 5.97. The van der Waals surface area contributed by atoms with E-state index in [1.165, 1.54) is 12.3 Å². The predicted octanol–water partition coefficient (Wildman–Crippen LogP) is 2.63. The molecule has 5 nitrogen and oxygen atoms in total. The van der Waals surface area contributed by atoms with Crippen molar-refractivity contribution in [3.05, 3.63) is 16.7 Å². The smallest absolute Gasteiger partial charge is 0.244 e. The van der Waals surface area contributed by atoms with Crippen LogP contribution in [0, 0.1) is 17.8 Å². The molecule has 0 aliphatic rings. The topological polar surface area (TPSA) is 85.1 Å². The van der Waals surface area contributed by atoms with Gasteiger partial charge in [-0.25, -0.2) is 18.1 Å². The van der Waals surface area contributed by atoms with Gasteiger partial charge in [-0.15, -0.1) is 0 Å². The molecule has 0 radical (unpaired) electrons. The number of hydrogen-bond donors (Lipinski definition) is 2. The van der Waals surface area contributed by atoms with Gasteiger partial charge in [0.25, 0.3) is 0 Å². The van der Waals surface area contributed by atoms with Crippen LogP contribution in [0.25, 0.3) is 0 Å². The fourth-order valence-corrected chi connectivity index (χ4v) is 3.83. The Labute approximate surface area is 129 Å². The maximum absolute atomic E-state index is 12.3. The predicted molar refractivity (Wildman–Crippen MR) is 84.7 cm³/mol. The molecule has 0 unspecified atom stereocenters. The SMILES string of the molecule is CC(C)C(CNS(=O)(=O)c1cc(Br)cnc1N)C(C)C. The van der Waals surface area contributed by atoms with E-state index >= 15 is 0 Å². The minimum Gasteiger partial charge on any atom is -0.383 e. The van der Waals surface area contributed by atoms with Gasteiger partial charge in [0.2, 0.25) is 10.0 Å². The highest BCUT2D eigenvalue weighted by atomic mass is 79.9. The van der Waals surface area contributed by atoms with Gasteiger partial charge >= 0.3 is 0 Å². The molecule has 0 amide bonds. The van der Waals surface area contributed by atoms with E-state index in [9.17, 15) is 8.42 Å². The van der Waals surface area contributed by atoms with Gasteiger partial charge in [-0.3, -0.25) is 0 Å². The summed E-state index contributed by atoms with van der Waals surface area (Å²) >= 11 is 3.20. The van der Waals surface area contributed by atoms with Crippen LogP contribution < -0.4 is 10.5 Å². The average Bonchev–Trinajstić information content (AvgIpc) is 2.31. The Hall–Kier alpha value is -0.660. The van der Waals surface area contributed by atoms with Gasteiger partial charge in [0.05, 0.1) is 0 Å². The highest BCUT2D eigenvalue weighted by molar-refractivity contribution is 9.10. The zero-order valence-electron chi connectivity index (χ0n) is 12.2. The van der Waals surface area contributed by atoms with E-state index in [4.69, 9.17) is 5.73 Å². The monoisotopic (exact) mass is 363 g/mol. The van der Waals surface area contributed by atoms with Gasteiger partial charge in [-0.2, -0.15) is 0 Å². The number of rotatable bonds is 6. The standard InChI is InChI=1S/C13H22BrN3O2S/c1-8(2)11(9(3)4)7-17-20(18,19)12-5-10(14)6-16-13(12)15/h5-6,8-9,11,17H,7H2,1-4H3,(H2,15,16).